The van der Waals surface area contributed by atoms with Crippen molar-refractivity contribution in [3.8, 4) is 5.75 Å². The van der Waals surface area contributed by atoms with Gasteiger partial charge in [-0.3, -0.25) is 10.1 Å². The van der Waals surface area contributed by atoms with E-state index in [1.165, 1.54) is 0 Å². The zero-order valence-electron chi connectivity index (χ0n) is 11.6. The molecule has 0 saturated heterocycles. The highest BCUT2D eigenvalue weighted by Crippen LogP contribution is 2.46. The molecule has 0 saturated carbocycles. The van der Waals surface area contributed by atoms with Crippen LogP contribution >= 0.6 is 8.15 Å². The van der Waals surface area contributed by atoms with Gasteiger partial charge in [0.25, 0.3) is 0 Å². The summed E-state index contributed by atoms with van der Waals surface area (Å²) in [6.45, 7) is 9.95. The zero-order chi connectivity index (χ0) is 13.9. The molecule has 0 amide bonds. The molecule has 1 atom stereocenters. The lowest BCUT2D eigenvalue weighted by molar-refractivity contribution is -0.385. The summed E-state index contributed by atoms with van der Waals surface area (Å²) in [7, 11) is -0.665. The highest BCUT2D eigenvalue weighted by molar-refractivity contribution is 7.53. The van der Waals surface area contributed by atoms with Crippen LogP contribution in [0.1, 0.15) is 31.9 Å². The van der Waals surface area contributed by atoms with Crippen LogP contribution in [-0.2, 0) is 0 Å². The Balaban J connectivity index is 3.18. The molecule has 1 aromatic carbocycles. The molecule has 0 aromatic heterocycles. The van der Waals surface area contributed by atoms with E-state index in [-0.39, 0.29) is 10.6 Å². The standard InChI is InChI=1S/C13H20NO3P/c1-6-18(9(2)3)17-13-11(5)7-10(4)8-12(13)14(15)16/h7-9H,6H2,1-5H3. The summed E-state index contributed by atoms with van der Waals surface area (Å²) in [4.78, 5) is 10.7. The maximum absolute atomic E-state index is 11.1. The first kappa shape index (κ1) is 14.9. The molecule has 100 valence electrons. The SMILES string of the molecule is CCP(Oc1c(C)cc(C)cc1[N+](=O)[O-])C(C)C. The van der Waals surface area contributed by atoms with Gasteiger partial charge in [-0.1, -0.05) is 26.8 Å². The number of nitro groups is 1. The second kappa shape index (κ2) is 6.14. The van der Waals surface area contributed by atoms with E-state index in [1.54, 1.807) is 6.07 Å². The number of nitrogens with zero attached hydrogens (tertiary/aromatic N) is 1. The molecule has 1 rings (SSSR count). The summed E-state index contributed by atoms with van der Waals surface area (Å²) >= 11 is 0. The van der Waals surface area contributed by atoms with Crippen molar-refractivity contribution in [2.45, 2.75) is 40.3 Å². The van der Waals surface area contributed by atoms with E-state index < -0.39 is 8.15 Å². The monoisotopic (exact) mass is 269 g/mol. The first-order valence-corrected chi connectivity index (χ1v) is 7.58. The third-order valence-corrected chi connectivity index (χ3v) is 4.88. The Morgan fingerprint density at radius 2 is 2.00 bits per heavy atom. The van der Waals surface area contributed by atoms with Gasteiger partial charge < -0.3 is 4.52 Å². The van der Waals surface area contributed by atoms with Crippen molar-refractivity contribution in [3.05, 3.63) is 33.4 Å². The van der Waals surface area contributed by atoms with Gasteiger partial charge in [-0.05, 0) is 25.0 Å². The first-order chi connectivity index (χ1) is 8.36. The van der Waals surface area contributed by atoms with Crippen LogP contribution in [0.5, 0.6) is 5.75 Å². The lowest BCUT2D eigenvalue weighted by atomic mass is 10.1. The van der Waals surface area contributed by atoms with Crippen molar-refractivity contribution < 1.29 is 9.45 Å². The summed E-state index contributed by atoms with van der Waals surface area (Å²) in [6, 6.07) is 3.50. The summed E-state index contributed by atoms with van der Waals surface area (Å²) in [5.74, 6) is 0.437. The fourth-order valence-corrected chi connectivity index (χ4v) is 3.38. The van der Waals surface area contributed by atoms with Crippen molar-refractivity contribution in [1.82, 2.24) is 0 Å². The summed E-state index contributed by atoms with van der Waals surface area (Å²) in [5, 5.41) is 11.1. The van der Waals surface area contributed by atoms with Gasteiger partial charge in [0.05, 0.1) is 13.1 Å². The summed E-state index contributed by atoms with van der Waals surface area (Å²) in [5.41, 5.74) is 2.19. The topological polar surface area (TPSA) is 52.4 Å². The van der Waals surface area contributed by atoms with Gasteiger partial charge >= 0.3 is 5.69 Å². The van der Waals surface area contributed by atoms with Gasteiger partial charge in [0, 0.05) is 17.9 Å². The molecular weight excluding hydrogens is 249 g/mol. The maximum atomic E-state index is 11.1. The first-order valence-electron chi connectivity index (χ1n) is 6.07. The van der Waals surface area contributed by atoms with E-state index in [2.05, 4.69) is 20.8 Å². The molecule has 4 nitrogen and oxygen atoms in total. The molecule has 0 aliphatic heterocycles. The van der Waals surface area contributed by atoms with Crippen LogP contribution < -0.4 is 4.52 Å². The predicted octanol–water partition coefficient (Wildman–Crippen LogP) is 4.42. The van der Waals surface area contributed by atoms with Crippen LogP contribution in [0.2, 0.25) is 0 Å². The third-order valence-electron chi connectivity index (χ3n) is 2.69. The van der Waals surface area contributed by atoms with E-state index in [0.29, 0.717) is 11.4 Å². The van der Waals surface area contributed by atoms with Crippen LogP contribution in [0.15, 0.2) is 12.1 Å². The van der Waals surface area contributed by atoms with Crippen molar-refractivity contribution in [2.24, 2.45) is 0 Å². The molecule has 0 N–H and O–H groups in total. The number of hydrogen-bond donors (Lipinski definition) is 0. The fourth-order valence-electron chi connectivity index (χ4n) is 1.84. The van der Waals surface area contributed by atoms with Crippen molar-refractivity contribution in [1.29, 1.82) is 0 Å². The lowest BCUT2D eigenvalue weighted by Crippen LogP contribution is -2.04. The molecule has 0 fully saturated rings. The van der Waals surface area contributed by atoms with Gasteiger partial charge in [-0.2, -0.15) is 0 Å². The van der Waals surface area contributed by atoms with Crippen LogP contribution in [-0.4, -0.2) is 16.7 Å². The maximum Gasteiger partial charge on any atom is 0.311 e. The molecule has 18 heavy (non-hydrogen) atoms. The molecule has 0 heterocycles. The van der Waals surface area contributed by atoms with Crippen molar-refractivity contribution in [3.63, 3.8) is 0 Å². The Morgan fingerprint density at radius 3 is 2.44 bits per heavy atom. The Morgan fingerprint density at radius 1 is 1.39 bits per heavy atom. The van der Waals surface area contributed by atoms with Gasteiger partial charge in [-0.25, -0.2) is 0 Å². The summed E-state index contributed by atoms with van der Waals surface area (Å²) < 4.78 is 5.93. The van der Waals surface area contributed by atoms with Gasteiger partial charge in [-0.15, -0.1) is 0 Å². The quantitative estimate of drug-likeness (QED) is 0.452. The predicted molar refractivity (Wildman–Crippen MR) is 75.8 cm³/mol. The van der Waals surface area contributed by atoms with Gasteiger partial charge in [0.1, 0.15) is 0 Å². The fraction of sp³-hybridized carbons (Fsp3) is 0.538. The van der Waals surface area contributed by atoms with Crippen molar-refractivity contribution in [2.75, 3.05) is 6.16 Å². The molecule has 0 bridgehead atoms. The van der Waals surface area contributed by atoms with E-state index in [9.17, 15) is 10.1 Å². The lowest BCUT2D eigenvalue weighted by Gasteiger charge is -2.21. The molecule has 1 unspecified atom stereocenters. The largest absolute Gasteiger partial charge is 0.466 e. The minimum Gasteiger partial charge on any atom is -0.466 e. The third kappa shape index (κ3) is 3.42. The average molecular weight is 269 g/mol. The Kier molecular flexibility index (Phi) is 5.09. The second-order valence-electron chi connectivity index (χ2n) is 4.61. The van der Waals surface area contributed by atoms with E-state index in [4.69, 9.17) is 4.52 Å². The molecule has 1 aromatic rings. The number of nitro benzene ring substituents is 1. The average Bonchev–Trinajstić information content (AvgIpc) is 2.26. The minimum absolute atomic E-state index is 0.0779. The number of aryl methyl sites for hydroxylation is 2. The zero-order valence-corrected chi connectivity index (χ0v) is 12.5. The van der Waals surface area contributed by atoms with E-state index in [1.807, 2.05) is 19.9 Å². The van der Waals surface area contributed by atoms with Crippen LogP contribution in [0.25, 0.3) is 0 Å². The van der Waals surface area contributed by atoms with Gasteiger partial charge in [0.2, 0.25) is 5.75 Å². The van der Waals surface area contributed by atoms with E-state index >= 15 is 0 Å². The molecular formula is C13H20NO3P. The highest BCUT2D eigenvalue weighted by atomic mass is 31.1. The number of hydrogen-bond acceptors (Lipinski definition) is 3. The molecule has 0 spiro atoms. The Bertz CT molecular complexity index is 446. The minimum atomic E-state index is -0.665. The Hall–Kier alpha value is -1.15. The summed E-state index contributed by atoms with van der Waals surface area (Å²) in [6.07, 6.45) is 0.900. The molecule has 5 heteroatoms. The molecule has 0 aliphatic rings. The highest BCUT2D eigenvalue weighted by Gasteiger charge is 2.23. The Labute approximate surface area is 109 Å². The number of benzene rings is 1. The van der Waals surface area contributed by atoms with Gasteiger partial charge in [0.15, 0.2) is 0 Å². The van der Waals surface area contributed by atoms with Crippen LogP contribution in [0, 0.1) is 24.0 Å². The second-order valence-corrected chi connectivity index (χ2v) is 7.29. The number of rotatable bonds is 5. The van der Waals surface area contributed by atoms with Crippen LogP contribution in [0.3, 0.4) is 0 Å². The molecule has 0 radical (unpaired) electrons. The van der Waals surface area contributed by atoms with Crippen molar-refractivity contribution >= 4 is 13.8 Å². The van der Waals surface area contributed by atoms with Crippen LogP contribution in [0.4, 0.5) is 5.69 Å². The van der Waals surface area contributed by atoms with E-state index in [0.717, 1.165) is 17.3 Å². The molecule has 0 aliphatic carbocycles. The normalized spacial score (nSPS) is 12.6. The smallest absolute Gasteiger partial charge is 0.311 e.